The van der Waals surface area contributed by atoms with Gasteiger partial charge in [-0.15, -0.1) is 0 Å². The van der Waals surface area contributed by atoms with Gasteiger partial charge in [0.25, 0.3) is 0 Å². The van der Waals surface area contributed by atoms with Crippen LogP contribution in [0.5, 0.6) is 0 Å². The Bertz CT molecular complexity index is 390. The number of benzene rings is 1. The fraction of sp³-hybridized carbons (Fsp3) is 0.500. The van der Waals surface area contributed by atoms with E-state index in [0.717, 1.165) is 0 Å². The molecular formula is C16H23N2P. The van der Waals surface area contributed by atoms with E-state index in [1.165, 1.54) is 57.4 Å². The summed E-state index contributed by atoms with van der Waals surface area (Å²) in [6, 6.07) is 10.7. The van der Waals surface area contributed by atoms with Gasteiger partial charge in [0, 0.05) is 26.2 Å². The van der Waals surface area contributed by atoms with E-state index in [1.54, 1.807) is 0 Å². The van der Waals surface area contributed by atoms with Crippen LogP contribution in [-0.4, -0.2) is 35.5 Å². The van der Waals surface area contributed by atoms with Gasteiger partial charge < -0.3 is 0 Å². The lowest BCUT2D eigenvalue weighted by atomic mass is 10.2. The first kappa shape index (κ1) is 13.3. The van der Waals surface area contributed by atoms with E-state index in [4.69, 9.17) is 0 Å². The molecule has 0 aliphatic carbocycles. The molecule has 2 fully saturated rings. The summed E-state index contributed by atoms with van der Waals surface area (Å²) in [5.41, 5.74) is 1.33. The van der Waals surface area contributed by atoms with E-state index in [0.29, 0.717) is 0 Å². The molecule has 0 aromatic heterocycles. The van der Waals surface area contributed by atoms with Crippen LogP contribution >= 0.6 is 8.22 Å². The van der Waals surface area contributed by atoms with Crippen molar-refractivity contribution in [3.8, 4) is 0 Å². The molecule has 0 spiro atoms. The number of rotatable bonds is 4. The molecule has 0 amide bonds. The van der Waals surface area contributed by atoms with Gasteiger partial charge in [0.2, 0.25) is 0 Å². The van der Waals surface area contributed by atoms with Gasteiger partial charge >= 0.3 is 0 Å². The topological polar surface area (TPSA) is 6.48 Å². The van der Waals surface area contributed by atoms with Crippen LogP contribution in [0.15, 0.2) is 36.1 Å². The van der Waals surface area contributed by atoms with Gasteiger partial charge in [0.1, 0.15) is 0 Å². The van der Waals surface area contributed by atoms with Crippen LogP contribution < -0.4 is 0 Å². The maximum absolute atomic E-state index is 2.71. The molecule has 0 unspecified atom stereocenters. The maximum Gasteiger partial charge on any atom is 0.0648 e. The van der Waals surface area contributed by atoms with E-state index >= 15 is 0 Å². The molecule has 0 radical (unpaired) electrons. The Morgan fingerprint density at radius 2 is 1.32 bits per heavy atom. The molecule has 0 N–H and O–H groups in total. The third-order valence-corrected chi connectivity index (χ3v) is 6.32. The van der Waals surface area contributed by atoms with Crippen molar-refractivity contribution < 1.29 is 0 Å². The van der Waals surface area contributed by atoms with Crippen LogP contribution in [0, 0.1) is 0 Å². The smallest absolute Gasteiger partial charge is 0.0648 e. The molecule has 0 atom stereocenters. The van der Waals surface area contributed by atoms with Crippen molar-refractivity contribution in [3.05, 3.63) is 41.7 Å². The van der Waals surface area contributed by atoms with Crippen molar-refractivity contribution in [1.29, 1.82) is 0 Å². The SMILES string of the molecule is C(=CP(N1CCCC1)N1CCCC1)c1ccccc1. The Kier molecular flexibility index (Phi) is 4.66. The fourth-order valence-corrected chi connectivity index (χ4v) is 5.32. The summed E-state index contributed by atoms with van der Waals surface area (Å²) in [6.07, 6.45) is 7.84. The molecule has 2 nitrogen and oxygen atoms in total. The molecule has 1 aromatic rings. The average molecular weight is 274 g/mol. The van der Waals surface area contributed by atoms with Crippen LogP contribution in [0.25, 0.3) is 6.08 Å². The predicted molar refractivity (Wildman–Crippen MR) is 84.0 cm³/mol. The molecule has 3 heteroatoms. The minimum Gasteiger partial charge on any atom is -0.267 e. The summed E-state index contributed by atoms with van der Waals surface area (Å²) in [6.45, 7) is 5.17. The second-order valence-corrected chi connectivity index (χ2v) is 7.44. The van der Waals surface area contributed by atoms with Crippen molar-refractivity contribution >= 4 is 14.3 Å². The monoisotopic (exact) mass is 274 g/mol. The van der Waals surface area contributed by atoms with Crippen molar-refractivity contribution in [2.24, 2.45) is 0 Å². The van der Waals surface area contributed by atoms with Crippen LogP contribution in [0.2, 0.25) is 0 Å². The lowest BCUT2D eigenvalue weighted by molar-refractivity contribution is 0.482. The quantitative estimate of drug-likeness (QED) is 0.761. The fourth-order valence-electron chi connectivity index (χ4n) is 2.90. The van der Waals surface area contributed by atoms with Crippen molar-refractivity contribution in [3.63, 3.8) is 0 Å². The standard InChI is InChI=1S/C16H23N2P/c1-2-8-16(9-3-1)10-15-19(17-11-4-5-12-17)18-13-6-7-14-18/h1-3,8-10,15H,4-7,11-14H2. The minimum atomic E-state index is -0.200. The van der Waals surface area contributed by atoms with E-state index < -0.39 is 0 Å². The molecule has 2 saturated heterocycles. The van der Waals surface area contributed by atoms with Gasteiger partial charge in [-0.05, 0) is 37.1 Å². The van der Waals surface area contributed by atoms with Crippen molar-refractivity contribution in [2.75, 3.05) is 26.2 Å². The van der Waals surface area contributed by atoms with Gasteiger partial charge in [0.15, 0.2) is 0 Å². The van der Waals surface area contributed by atoms with Crippen molar-refractivity contribution in [2.45, 2.75) is 25.7 Å². The summed E-state index contributed by atoms with van der Waals surface area (Å²) < 4.78 is 5.42. The number of hydrogen-bond acceptors (Lipinski definition) is 2. The van der Waals surface area contributed by atoms with E-state index in [9.17, 15) is 0 Å². The minimum absolute atomic E-state index is 0.200. The first-order valence-electron chi connectivity index (χ1n) is 7.46. The molecular weight excluding hydrogens is 251 g/mol. The van der Waals surface area contributed by atoms with Crippen LogP contribution in [-0.2, 0) is 0 Å². The maximum atomic E-state index is 2.71. The summed E-state index contributed by atoms with van der Waals surface area (Å²) in [5, 5.41) is 0. The van der Waals surface area contributed by atoms with Crippen molar-refractivity contribution in [1.82, 2.24) is 9.34 Å². The molecule has 2 aliphatic rings. The first-order valence-corrected chi connectivity index (χ1v) is 8.77. The molecule has 0 bridgehead atoms. The number of hydrogen-bond donors (Lipinski definition) is 0. The van der Waals surface area contributed by atoms with Gasteiger partial charge in [-0.2, -0.15) is 0 Å². The van der Waals surface area contributed by atoms with Crippen LogP contribution in [0.3, 0.4) is 0 Å². The Balaban J connectivity index is 1.72. The molecule has 2 heterocycles. The largest absolute Gasteiger partial charge is 0.267 e. The molecule has 19 heavy (non-hydrogen) atoms. The Morgan fingerprint density at radius 3 is 1.84 bits per heavy atom. The normalized spacial score (nSPS) is 21.9. The lowest BCUT2D eigenvalue weighted by Gasteiger charge is -2.32. The highest BCUT2D eigenvalue weighted by molar-refractivity contribution is 7.56. The van der Waals surface area contributed by atoms with Gasteiger partial charge in [-0.1, -0.05) is 36.4 Å². The highest BCUT2D eigenvalue weighted by Crippen LogP contribution is 2.49. The zero-order valence-corrected chi connectivity index (χ0v) is 12.4. The van der Waals surface area contributed by atoms with E-state index in [1.807, 2.05) is 0 Å². The highest BCUT2D eigenvalue weighted by atomic mass is 31.1. The predicted octanol–water partition coefficient (Wildman–Crippen LogP) is 4.16. The molecule has 3 rings (SSSR count). The Labute approximate surface area is 118 Å². The van der Waals surface area contributed by atoms with Gasteiger partial charge in [-0.3, -0.25) is 9.34 Å². The summed E-state index contributed by atoms with van der Waals surface area (Å²) >= 11 is 0. The third-order valence-electron chi connectivity index (χ3n) is 3.94. The second-order valence-electron chi connectivity index (χ2n) is 5.37. The Hall–Kier alpha value is -0.690. The van der Waals surface area contributed by atoms with E-state index in [2.05, 4.69) is 51.6 Å². The average Bonchev–Trinajstić information content (AvgIpc) is 3.13. The highest BCUT2D eigenvalue weighted by Gasteiger charge is 2.27. The van der Waals surface area contributed by atoms with Gasteiger partial charge in [-0.25, -0.2) is 0 Å². The van der Waals surface area contributed by atoms with E-state index in [-0.39, 0.29) is 8.22 Å². The molecule has 0 saturated carbocycles. The summed E-state index contributed by atoms with van der Waals surface area (Å²) in [7, 11) is -0.200. The molecule has 1 aromatic carbocycles. The first-order chi connectivity index (χ1) is 9.43. The lowest BCUT2D eigenvalue weighted by Crippen LogP contribution is -2.23. The number of nitrogens with zero attached hydrogens (tertiary/aromatic N) is 2. The zero-order chi connectivity index (χ0) is 12.9. The summed E-state index contributed by atoms with van der Waals surface area (Å²) in [5.74, 6) is 2.47. The zero-order valence-electron chi connectivity index (χ0n) is 11.5. The third kappa shape index (κ3) is 3.45. The van der Waals surface area contributed by atoms with Gasteiger partial charge in [0.05, 0.1) is 8.22 Å². The summed E-state index contributed by atoms with van der Waals surface area (Å²) in [4.78, 5) is 0. The second kappa shape index (κ2) is 6.65. The Morgan fingerprint density at radius 1 is 0.789 bits per heavy atom. The van der Waals surface area contributed by atoms with Crippen LogP contribution in [0.4, 0.5) is 0 Å². The molecule has 102 valence electrons. The molecule has 2 aliphatic heterocycles. The van der Waals surface area contributed by atoms with Crippen LogP contribution in [0.1, 0.15) is 31.2 Å².